The van der Waals surface area contributed by atoms with E-state index < -0.39 is 64.6 Å². The molecule has 3 saturated carbocycles. The molecule has 3 aromatic rings. The van der Waals surface area contributed by atoms with Crippen molar-refractivity contribution in [1.29, 1.82) is 0 Å². The summed E-state index contributed by atoms with van der Waals surface area (Å²) in [5.74, 6) is -5.47. The molecule has 1 amide bonds. The molecule has 1 unspecified atom stereocenters. The van der Waals surface area contributed by atoms with Crippen LogP contribution < -0.4 is 14.8 Å². The zero-order valence-electron chi connectivity index (χ0n) is 34.3. The van der Waals surface area contributed by atoms with Crippen molar-refractivity contribution in [2.24, 2.45) is 34.5 Å². The van der Waals surface area contributed by atoms with E-state index in [1.54, 1.807) is 18.2 Å². The lowest BCUT2D eigenvalue weighted by Crippen LogP contribution is -2.48. The number of esters is 1. The van der Waals surface area contributed by atoms with Gasteiger partial charge in [0.2, 0.25) is 5.91 Å². The van der Waals surface area contributed by atoms with Crippen molar-refractivity contribution >= 4 is 62.4 Å². The molecular formula is C43H53ClF2N4O7S. The lowest BCUT2D eigenvalue weighted by molar-refractivity contribution is -0.157. The van der Waals surface area contributed by atoms with Gasteiger partial charge >= 0.3 is 5.97 Å². The van der Waals surface area contributed by atoms with Crippen LogP contribution in [0, 0.1) is 34.5 Å². The highest BCUT2D eigenvalue weighted by Gasteiger charge is 2.72. The maximum atomic E-state index is 14.8. The van der Waals surface area contributed by atoms with Gasteiger partial charge in [0.05, 0.1) is 43.2 Å². The highest BCUT2D eigenvalue weighted by atomic mass is 35.5. The number of rotatable bonds is 15. The number of amides is 1. The third-order valence-electron chi connectivity index (χ3n) is 12.8. The number of nitrogens with zero attached hydrogens (tertiary/aromatic N) is 3. The van der Waals surface area contributed by atoms with Gasteiger partial charge < -0.3 is 24.4 Å². The highest BCUT2D eigenvalue weighted by molar-refractivity contribution is 7.14. The number of ketones is 2. The number of hydrogen-bond donors (Lipinski definition) is 1. The number of thiazole rings is 1. The molecule has 0 radical (unpaired) electrons. The number of likely N-dealkylation sites (tertiary alicyclic amines) is 1. The van der Waals surface area contributed by atoms with Crippen molar-refractivity contribution in [2.45, 2.75) is 124 Å². The van der Waals surface area contributed by atoms with Crippen LogP contribution in [0.2, 0.25) is 5.02 Å². The molecule has 0 bridgehead atoms. The van der Waals surface area contributed by atoms with Gasteiger partial charge in [0, 0.05) is 53.0 Å². The summed E-state index contributed by atoms with van der Waals surface area (Å²) in [6, 6.07) is 4.54. The van der Waals surface area contributed by atoms with E-state index in [4.69, 9.17) is 35.8 Å². The third-order valence-corrected chi connectivity index (χ3v) is 13.9. The number of ether oxygens (including phenoxy) is 3. The predicted molar refractivity (Wildman–Crippen MR) is 217 cm³/mol. The van der Waals surface area contributed by atoms with Gasteiger partial charge in [-0.05, 0) is 63.5 Å². The zero-order chi connectivity index (χ0) is 42.1. The minimum Gasteiger partial charge on any atom is -0.495 e. The van der Waals surface area contributed by atoms with Crippen molar-refractivity contribution in [1.82, 2.24) is 14.9 Å². The number of carbonyl (C=O) groups excluding carboxylic acids is 4. The standard InChI is InChI=1S/C43H53ClF2N4O7S/c1-9-23-17-42(23,22(4)51)18-33(52)32-14-25(19-50(32)39(54)29(41(5,6)7)15-36(53)57-24-12-27-28(13-24)43(27,45)46)56-35-16-30(31-20-58-40(49-31)47-21(2)3)48-38-26(35)10-11-34(55-8)37(38)44/h10-11,16,20-21,23-25,27-29,32H,9,12-15,17-19H2,1-8H3,(H,47,49)/t23-,24?,25-,27-,28+,29-,32+,42+/m1/s1. The molecule has 4 fully saturated rings. The first-order valence-electron chi connectivity index (χ1n) is 20.2. The number of benzene rings is 1. The number of alkyl halides is 2. The van der Waals surface area contributed by atoms with Gasteiger partial charge in [-0.15, -0.1) is 11.3 Å². The Bertz CT molecular complexity index is 2110. The van der Waals surface area contributed by atoms with E-state index in [1.165, 1.54) is 30.3 Å². The summed E-state index contributed by atoms with van der Waals surface area (Å²) in [6.45, 7) is 13.1. The molecule has 1 aromatic carbocycles. The fourth-order valence-electron chi connectivity index (χ4n) is 9.25. The fourth-order valence-corrected chi connectivity index (χ4v) is 10.4. The lowest BCUT2D eigenvalue weighted by Gasteiger charge is -2.35. The summed E-state index contributed by atoms with van der Waals surface area (Å²) in [7, 11) is 1.52. The largest absolute Gasteiger partial charge is 0.495 e. The number of nitrogens with one attached hydrogen (secondary N) is 1. The van der Waals surface area contributed by atoms with Crippen LogP contribution in [0.1, 0.15) is 93.4 Å². The summed E-state index contributed by atoms with van der Waals surface area (Å²) in [5.41, 5.74) is 0.0369. The van der Waals surface area contributed by atoms with E-state index in [0.29, 0.717) is 40.2 Å². The Balaban J connectivity index is 1.19. The SMILES string of the molecule is CC[C@@H]1C[C@]1(CC(=O)[C@@H]1C[C@@H](Oc2cc(-c3csc(NC(C)C)n3)nc3c(Cl)c(OC)ccc23)CN1C(=O)[C@@H](CC(=O)OC1C[C@@H]2[C@H](C1)C2(F)F)C(C)(C)C)C(C)=O. The van der Waals surface area contributed by atoms with Crippen molar-refractivity contribution in [3.05, 3.63) is 28.6 Å². The number of Topliss-reactive ketones (excluding diaryl/α,β-unsaturated/α-hetero) is 2. The number of hydrogen-bond acceptors (Lipinski definition) is 11. The molecule has 8 atom stereocenters. The summed E-state index contributed by atoms with van der Waals surface area (Å²) in [4.78, 5) is 66.7. The topological polar surface area (TPSA) is 137 Å². The quantitative estimate of drug-likeness (QED) is 0.148. The second kappa shape index (κ2) is 15.6. The predicted octanol–water partition coefficient (Wildman–Crippen LogP) is 8.79. The molecule has 4 aliphatic rings. The molecule has 7 rings (SSSR count). The monoisotopic (exact) mass is 842 g/mol. The van der Waals surface area contributed by atoms with Crippen molar-refractivity contribution < 1.29 is 42.2 Å². The lowest BCUT2D eigenvalue weighted by atomic mass is 9.77. The average molecular weight is 843 g/mol. The molecule has 11 nitrogen and oxygen atoms in total. The van der Waals surface area contributed by atoms with Gasteiger partial charge in [0.1, 0.15) is 40.2 Å². The van der Waals surface area contributed by atoms with Crippen molar-refractivity contribution in [3.8, 4) is 22.9 Å². The molecule has 1 saturated heterocycles. The molecule has 3 aliphatic carbocycles. The van der Waals surface area contributed by atoms with Crippen LogP contribution in [0.4, 0.5) is 13.9 Å². The van der Waals surface area contributed by atoms with Crippen LogP contribution >= 0.6 is 22.9 Å². The molecule has 314 valence electrons. The van der Waals surface area contributed by atoms with Gasteiger partial charge in [-0.1, -0.05) is 45.7 Å². The van der Waals surface area contributed by atoms with Gasteiger partial charge in [0.25, 0.3) is 5.92 Å². The van der Waals surface area contributed by atoms with Crippen LogP contribution in [0.3, 0.4) is 0 Å². The Morgan fingerprint density at radius 3 is 2.36 bits per heavy atom. The summed E-state index contributed by atoms with van der Waals surface area (Å²) in [6.07, 6.45) is 0.208. The van der Waals surface area contributed by atoms with Crippen molar-refractivity contribution in [2.75, 3.05) is 19.0 Å². The van der Waals surface area contributed by atoms with E-state index in [-0.39, 0.29) is 67.2 Å². The fraction of sp³-hybridized carbons (Fsp3) is 0.628. The van der Waals surface area contributed by atoms with Gasteiger partial charge in [-0.25, -0.2) is 18.7 Å². The second-order valence-electron chi connectivity index (χ2n) is 18.1. The smallest absolute Gasteiger partial charge is 0.306 e. The first-order chi connectivity index (χ1) is 27.3. The summed E-state index contributed by atoms with van der Waals surface area (Å²) < 4.78 is 45.7. The van der Waals surface area contributed by atoms with Gasteiger partial charge in [-0.3, -0.25) is 19.2 Å². The second-order valence-corrected chi connectivity index (χ2v) is 19.3. The first-order valence-corrected chi connectivity index (χ1v) is 21.5. The van der Waals surface area contributed by atoms with Crippen LogP contribution in [0.5, 0.6) is 11.5 Å². The minimum atomic E-state index is -2.69. The molecular weight excluding hydrogens is 790 g/mol. The number of methoxy groups -OCH3 is 1. The maximum Gasteiger partial charge on any atom is 0.306 e. The Kier molecular flexibility index (Phi) is 11.4. The number of pyridine rings is 1. The summed E-state index contributed by atoms with van der Waals surface area (Å²) in [5, 5.41) is 6.79. The third kappa shape index (κ3) is 8.03. The minimum absolute atomic E-state index is 0.00713. The first kappa shape index (κ1) is 42.2. The molecule has 2 aromatic heterocycles. The molecule has 3 heterocycles. The van der Waals surface area contributed by atoms with Crippen LogP contribution in [-0.4, -0.2) is 82.2 Å². The van der Waals surface area contributed by atoms with Crippen molar-refractivity contribution in [3.63, 3.8) is 0 Å². The Morgan fingerprint density at radius 2 is 1.76 bits per heavy atom. The van der Waals surface area contributed by atoms with Crippen LogP contribution in [0.25, 0.3) is 22.3 Å². The molecule has 0 spiro atoms. The molecule has 15 heteroatoms. The number of halogens is 3. The zero-order valence-corrected chi connectivity index (χ0v) is 35.9. The Labute approximate surface area is 346 Å². The number of fused-ring (bicyclic) bond motifs is 2. The van der Waals surface area contributed by atoms with E-state index in [1.807, 2.05) is 46.9 Å². The number of anilines is 1. The number of carbonyl (C=O) groups is 4. The summed E-state index contributed by atoms with van der Waals surface area (Å²) >= 11 is 8.27. The van der Waals surface area contributed by atoms with Gasteiger partial charge in [-0.2, -0.15) is 0 Å². The van der Waals surface area contributed by atoms with E-state index in [0.717, 1.165) is 11.6 Å². The van der Waals surface area contributed by atoms with Crippen LogP contribution in [0.15, 0.2) is 23.6 Å². The number of aromatic nitrogens is 2. The molecule has 1 aliphatic heterocycles. The Hall–Kier alpha value is -3.91. The van der Waals surface area contributed by atoms with E-state index >= 15 is 0 Å². The van der Waals surface area contributed by atoms with Crippen LogP contribution in [-0.2, 0) is 23.9 Å². The normalized spacial score (nSPS) is 27.6. The molecule has 58 heavy (non-hydrogen) atoms. The maximum absolute atomic E-state index is 14.8. The average Bonchev–Trinajstić information content (AvgIpc) is 3.58. The van der Waals surface area contributed by atoms with E-state index in [9.17, 15) is 28.0 Å². The van der Waals surface area contributed by atoms with Gasteiger partial charge in [0.15, 0.2) is 10.9 Å². The molecule has 1 N–H and O–H groups in total. The Morgan fingerprint density at radius 1 is 1.05 bits per heavy atom. The van der Waals surface area contributed by atoms with E-state index in [2.05, 4.69) is 5.32 Å². The highest BCUT2D eigenvalue weighted by Crippen LogP contribution is 2.64.